The first-order valence-corrected chi connectivity index (χ1v) is 9.99. The summed E-state index contributed by atoms with van der Waals surface area (Å²) >= 11 is 1.45. The molecule has 0 aromatic rings. The Balaban J connectivity index is 1.79. The number of hydrogen-bond donors (Lipinski definition) is 1. The summed E-state index contributed by atoms with van der Waals surface area (Å²) in [6, 6.07) is -0.481. The standard InChI is InChI=1S/C18H27N3O5S/c1-9(22)14-11-7-13(15(18(25)26)20(11)17(14)24)27-10-6-12(16(23)19(2)3)21(4,5)8-10/h9-12,14,22H,6-8H2,1-5H3/t9-,10+,11-,12+,14-/m1/s1. The van der Waals surface area contributed by atoms with Crippen molar-refractivity contribution in [1.82, 2.24) is 9.80 Å². The zero-order valence-corrected chi connectivity index (χ0v) is 17.2. The first-order chi connectivity index (χ1) is 12.5. The number of carboxylic acids is 1. The van der Waals surface area contributed by atoms with Crippen LogP contribution in [0.25, 0.3) is 0 Å². The quantitative estimate of drug-likeness (QED) is 0.452. The number of likely N-dealkylation sites (N-methyl/N-ethyl adjacent to an activating group) is 2. The Morgan fingerprint density at radius 3 is 2.52 bits per heavy atom. The maximum absolute atomic E-state index is 12.5. The summed E-state index contributed by atoms with van der Waals surface area (Å²) < 4.78 is 0.547. The lowest BCUT2D eigenvalue weighted by Crippen LogP contribution is -2.62. The fourth-order valence-corrected chi connectivity index (χ4v) is 6.27. The average Bonchev–Trinajstić information content (AvgIpc) is 3.00. The van der Waals surface area contributed by atoms with Crippen molar-refractivity contribution in [2.75, 3.05) is 34.7 Å². The second-order valence-electron chi connectivity index (χ2n) is 8.49. The van der Waals surface area contributed by atoms with E-state index in [4.69, 9.17) is 0 Å². The fraction of sp³-hybridized carbons (Fsp3) is 0.722. The molecule has 0 radical (unpaired) electrons. The van der Waals surface area contributed by atoms with E-state index in [2.05, 4.69) is 0 Å². The van der Waals surface area contributed by atoms with Crippen LogP contribution < -0.4 is 5.11 Å². The third-order valence-corrected chi connectivity index (χ3v) is 7.24. The largest absolute Gasteiger partial charge is 0.543 e. The molecule has 3 aliphatic heterocycles. The molecule has 2 fully saturated rings. The number of carbonyl (C=O) groups excluding carboxylic acids is 3. The Hall–Kier alpha value is -1.58. The molecular formula is C18H27N3O5S. The molecule has 8 nitrogen and oxygen atoms in total. The van der Waals surface area contributed by atoms with Gasteiger partial charge in [-0.05, 0) is 6.92 Å². The number of rotatable bonds is 5. The Labute approximate surface area is 163 Å². The van der Waals surface area contributed by atoms with Crippen LogP contribution in [0.5, 0.6) is 0 Å². The molecule has 2 saturated heterocycles. The van der Waals surface area contributed by atoms with Gasteiger partial charge in [-0.2, -0.15) is 0 Å². The van der Waals surface area contributed by atoms with E-state index in [0.29, 0.717) is 22.2 Å². The van der Waals surface area contributed by atoms with Crippen LogP contribution in [0.15, 0.2) is 10.6 Å². The van der Waals surface area contributed by atoms with E-state index < -0.39 is 18.0 Å². The molecule has 9 heteroatoms. The van der Waals surface area contributed by atoms with Gasteiger partial charge in [0.05, 0.1) is 55.6 Å². The van der Waals surface area contributed by atoms with Gasteiger partial charge in [-0.15, -0.1) is 11.8 Å². The second-order valence-corrected chi connectivity index (χ2v) is 9.89. The summed E-state index contributed by atoms with van der Waals surface area (Å²) in [5, 5.41) is 21.6. The van der Waals surface area contributed by atoms with E-state index >= 15 is 0 Å². The smallest absolute Gasteiger partial charge is 0.280 e. The molecule has 0 aromatic heterocycles. The van der Waals surface area contributed by atoms with Gasteiger partial charge in [0.15, 0.2) is 6.04 Å². The number of aliphatic carboxylic acids is 1. The highest BCUT2D eigenvalue weighted by atomic mass is 32.2. The maximum atomic E-state index is 12.5. The Morgan fingerprint density at radius 1 is 1.37 bits per heavy atom. The monoisotopic (exact) mass is 397 g/mol. The molecule has 3 heterocycles. The van der Waals surface area contributed by atoms with Crippen LogP contribution in [0.3, 0.4) is 0 Å². The van der Waals surface area contributed by atoms with Crippen LogP contribution in [0.1, 0.15) is 19.8 Å². The SMILES string of the molecule is C[C@@H](O)[C@H]1C(=O)N2C(C(=O)[O-])=C(S[C@H]3C[C@@H](C(=O)N(C)C)[N+](C)(C)C3)C[C@H]12. The topological polar surface area (TPSA) is 101 Å². The lowest BCUT2D eigenvalue weighted by molar-refractivity contribution is -0.893. The Kier molecular flexibility index (Phi) is 5.07. The van der Waals surface area contributed by atoms with Gasteiger partial charge >= 0.3 is 0 Å². The number of aliphatic hydroxyl groups excluding tert-OH is 1. The minimum absolute atomic E-state index is 0.0559. The van der Waals surface area contributed by atoms with Gasteiger partial charge in [-0.3, -0.25) is 9.59 Å². The van der Waals surface area contributed by atoms with Gasteiger partial charge in [0, 0.05) is 31.8 Å². The lowest BCUT2D eigenvalue weighted by Gasteiger charge is -2.45. The molecule has 0 bridgehead atoms. The van der Waals surface area contributed by atoms with Crippen molar-refractivity contribution in [3.63, 3.8) is 0 Å². The normalized spacial score (nSPS) is 33.0. The average molecular weight is 397 g/mol. The van der Waals surface area contributed by atoms with E-state index in [9.17, 15) is 24.6 Å². The Bertz CT molecular complexity index is 718. The number of aliphatic hydroxyl groups is 1. The zero-order valence-electron chi connectivity index (χ0n) is 16.3. The van der Waals surface area contributed by atoms with Crippen LogP contribution in [-0.2, 0) is 14.4 Å². The number of quaternary nitrogens is 1. The molecule has 0 saturated carbocycles. The molecule has 0 aromatic carbocycles. The minimum atomic E-state index is -1.36. The molecule has 3 rings (SSSR count). The van der Waals surface area contributed by atoms with Crippen molar-refractivity contribution in [3.05, 3.63) is 10.6 Å². The number of thioether (sulfide) groups is 1. The Morgan fingerprint density at radius 2 is 2.00 bits per heavy atom. The molecule has 2 amide bonds. The van der Waals surface area contributed by atoms with Crippen molar-refractivity contribution in [2.24, 2.45) is 5.92 Å². The van der Waals surface area contributed by atoms with E-state index in [-0.39, 0.29) is 34.8 Å². The molecule has 0 aliphatic carbocycles. The second kappa shape index (κ2) is 6.79. The van der Waals surface area contributed by atoms with Gasteiger partial charge < -0.3 is 29.3 Å². The summed E-state index contributed by atoms with van der Waals surface area (Å²) in [5.74, 6) is -2.20. The number of nitrogens with zero attached hydrogens (tertiary/aromatic N) is 3. The number of hydrogen-bond acceptors (Lipinski definition) is 6. The van der Waals surface area contributed by atoms with Gasteiger partial charge in [0.2, 0.25) is 5.91 Å². The summed E-state index contributed by atoms with van der Waals surface area (Å²) in [4.78, 5) is 39.9. The predicted octanol–water partition coefficient (Wildman–Crippen LogP) is -1.40. The zero-order chi connectivity index (χ0) is 20.3. The summed E-state index contributed by atoms with van der Waals surface area (Å²) in [7, 11) is 7.50. The molecule has 150 valence electrons. The maximum Gasteiger partial charge on any atom is 0.280 e. The van der Waals surface area contributed by atoms with Crippen LogP contribution in [-0.4, -0.2) is 95.3 Å². The van der Waals surface area contributed by atoms with Crippen molar-refractivity contribution >= 4 is 29.5 Å². The predicted molar refractivity (Wildman–Crippen MR) is 97.9 cm³/mol. The number of carboxylic acid groups (broad SMARTS) is 1. The van der Waals surface area contributed by atoms with Gasteiger partial charge in [0.1, 0.15) is 0 Å². The highest BCUT2D eigenvalue weighted by Gasteiger charge is 2.56. The molecule has 0 unspecified atom stereocenters. The van der Waals surface area contributed by atoms with E-state index in [1.54, 1.807) is 25.9 Å². The van der Waals surface area contributed by atoms with Crippen molar-refractivity contribution in [3.8, 4) is 0 Å². The van der Waals surface area contributed by atoms with E-state index in [0.717, 1.165) is 6.54 Å². The molecule has 27 heavy (non-hydrogen) atoms. The minimum Gasteiger partial charge on any atom is -0.543 e. The van der Waals surface area contributed by atoms with Crippen LogP contribution in [0.4, 0.5) is 0 Å². The third-order valence-electron chi connectivity index (χ3n) is 5.92. The lowest BCUT2D eigenvalue weighted by atomic mass is 9.83. The van der Waals surface area contributed by atoms with E-state index in [1.807, 2.05) is 14.1 Å². The molecule has 1 N–H and O–H groups in total. The van der Waals surface area contributed by atoms with Crippen LogP contribution in [0.2, 0.25) is 0 Å². The van der Waals surface area contributed by atoms with Crippen LogP contribution in [0, 0.1) is 5.92 Å². The molecule has 0 spiro atoms. The van der Waals surface area contributed by atoms with Crippen molar-refractivity contribution < 1.29 is 29.1 Å². The number of fused-ring (bicyclic) bond motifs is 1. The van der Waals surface area contributed by atoms with Gasteiger partial charge in [-0.25, -0.2) is 0 Å². The number of β-lactam (4-membered cyclic amide) rings is 1. The number of likely N-dealkylation sites (tertiary alicyclic amines) is 1. The first kappa shape index (κ1) is 20.2. The first-order valence-electron chi connectivity index (χ1n) is 9.11. The van der Waals surface area contributed by atoms with Gasteiger partial charge in [-0.1, -0.05) is 0 Å². The highest BCUT2D eigenvalue weighted by molar-refractivity contribution is 8.03. The van der Waals surface area contributed by atoms with Gasteiger partial charge in [0.25, 0.3) is 5.91 Å². The highest BCUT2D eigenvalue weighted by Crippen LogP contribution is 2.49. The van der Waals surface area contributed by atoms with Crippen LogP contribution >= 0.6 is 11.8 Å². The number of carbonyl (C=O) groups is 3. The van der Waals surface area contributed by atoms with Crippen molar-refractivity contribution in [2.45, 2.75) is 43.2 Å². The van der Waals surface area contributed by atoms with E-state index in [1.165, 1.54) is 16.7 Å². The summed E-state index contributed by atoms with van der Waals surface area (Å²) in [6.45, 7) is 2.29. The molecule has 5 atom stereocenters. The number of amides is 2. The van der Waals surface area contributed by atoms with Crippen molar-refractivity contribution in [1.29, 1.82) is 0 Å². The third kappa shape index (κ3) is 3.25. The summed E-state index contributed by atoms with van der Waals surface area (Å²) in [5.41, 5.74) is -0.0559. The molecule has 3 aliphatic rings. The molecular weight excluding hydrogens is 370 g/mol. The fourth-order valence-electron chi connectivity index (χ4n) is 4.57. The summed E-state index contributed by atoms with van der Waals surface area (Å²) in [6.07, 6.45) is 0.262.